The highest BCUT2D eigenvalue weighted by atomic mass is 16.5. The fourth-order valence-electron chi connectivity index (χ4n) is 3.56. The number of nitrogens with one attached hydrogen (secondary N) is 1. The van der Waals surface area contributed by atoms with Crippen molar-refractivity contribution in [1.29, 1.82) is 0 Å². The van der Waals surface area contributed by atoms with Crippen molar-refractivity contribution in [3.8, 4) is 0 Å². The molecule has 2 N–H and O–H groups in total. The molecule has 0 unspecified atom stereocenters. The lowest BCUT2D eigenvalue weighted by Crippen LogP contribution is -2.61. The largest absolute Gasteiger partial charge is 0.383 e. The van der Waals surface area contributed by atoms with Crippen LogP contribution in [0, 0.1) is 0 Å². The molecule has 26 heavy (non-hydrogen) atoms. The number of piperidine rings is 1. The van der Waals surface area contributed by atoms with Crippen LogP contribution in [0.1, 0.15) is 23.5 Å². The highest BCUT2D eigenvalue weighted by molar-refractivity contribution is 5.90. The van der Waals surface area contributed by atoms with Crippen LogP contribution in [-0.2, 0) is 9.53 Å². The van der Waals surface area contributed by atoms with Crippen molar-refractivity contribution < 1.29 is 19.4 Å². The van der Waals surface area contributed by atoms with Gasteiger partial charge in [-0.15, -0.1) is 0 Å². The first-order valence-electron chi connectivity index (χ1n) is 8.91. The van der Waals surface area contributed by atoms with Crippen molar-refractivity contribution >= 4 is 11.8 Å². The van der Waals surface area contributed by atoms with Gasteiger partial charge in [0.2, 0.25) is 5.82 Å². The Morgan fingerprint density at radius 3 is 2.77 bits per heavy atom. The topological polar surface area (TPSA) is 115 Å². The van der Waals surface area contributed by atoms with Crippen LogP contribution in [0.15, 0.2) is 6.33 Å². The molecule has 10 heteroatoms. The second kappa shape index (κ2) is 8.11. The van der Waals surface area contributed by atoms with Gasteiger partial charge in [-0.05, 0) is 12.8 Å². The monoisotopic (exact) mass is 366 g/mol. The summed E-state index contributed by atoms with van der Waals surface area (Å²) in [5, 5.41) is 17.2. The SMILES string of the molecule is COCCN1CCC[C@](O)(CN2CCN(C(=O)c3ncn[nH]3)CC2)C1=O. The van der Waals surface area contributed by atoms with Gasteiger partial charge in [-0.3, -0.25) is 19.6 Å². The number of nitrogens with zero attached hydrogens (tertiary/aromatic N) is 5. The molecule has 2 fully saturated rings. The van der Waals surface area contributed by atoms with E-state index in [0.717, 1.165) is 6.42 Å². The number of β-amino-alcohol motifs (C(OH)–C–C–N with tert-alkyl or cyclic N) is 1. The number of aromatic nitrogens is 3. The fourth-order valence-corrected chi connectivity index (χ4v) is 3.56. The highest BCUT2D eigenvalue weighted by Gasteiger charge is 2.43. The van der Waals surface area contributed by atoms with Gasteiger partial charge >= 0.3 is 0 Å². The summed E-state index contributed by atoms with van der Waals surface area (Å²) in [5.41, 5.74) is -1.36. The van der Waals surface area contributed by atoms with Crippen molar-refractivity contribution in [2.75, 3.05) is 59.5 Å². The second-order valence-corrected chi connectivity index (χ2v) is 6.82. The van der Waals surface area contributed by atoms with Crippen LogP contribution in [0.3, 0.4) is 0 Å². The number of methoxy groups -OCH3 is 1. The first-order chi connectivity index (χ1) is 12.5. The zero-order chi connectivity index (χ0) is 18.6. The van der Waals surface area contributed by atoms with E-state index in [1.54, 1.807) is 16.9 Å². The van der Waals surface area contributed by atoms with Crippen molar-refractivity contribution in [1.82, 2.24) is 29.9 Å². The number of hydrogen-bond acceptors (Lipinski definition) is 7. The van der Waals surface area contributed by atoms with Gasteiger partial charge in [-0.2, -0.15) is 5.10 Å². The molecule has 2 aliphatic rings. The van der Waals surface area contributed by atoms with E-state index < -0.39 is 5.60 Å². The van der Waals surface area contributed by atoms with Crippen LogP contribution in [0.4, 0.5) is 0 Å². The first kappa shape index (κ1) is 18.7. The summed E-state index contributed by atoms with van der Waals surface area (Å²) < 4.78 is 5.04. The Balaban J connectivity index is 1.53. The number of aliphatic hydroxyl groups is 1. The van der Waals surface area contributed by atoms with E-state index in [9.17, 15) is 14.7 Å². The molecule has 10 nitrogen and oxygen atoms in total. The van der Waals surface area contributed by atoms with Gasteiger partial charge in [-0.25, -0.2) is 4.98 Å². The van der Waals surface area contributed by atoms with Crippen molar-refractivity contribution in [2.45, 2.75) is 18.4 Å². The van der Waals surface area contributed by atoms with Gasteiger partial charge in [0.15, 0.2) is 5.60 Å². The molecule has 2 saturated heterocycles. The quantitative estimate of drug-likeness (QED) is 0.634. The molecule has 0 bridgehead atoms. The molecular formula is C16H26N6O4. The van der Waals surface area contributed by atoms with Gasteiger partial charge in [0.05, 0.1) is 6.61 Å². The van der Waals surface area contributed by atoms with Crippen molar-refractivity contribution in [2.24, 2.45) is 0 Å². The summed E-state index contributed by atoms with van der Waals surface area (Å²) in [6.07, 6.45) is 2.55. The van der Waals surface area contributed by atoms with Crippen LogP contribution in [0.5, 0.6) is 0 Å². The van der Waals surface area contributed by atoms with E-state index in [-0.39, 0.29) is 17.6 Å². The standard InChI is InChI=1S/C16H26N6O4/c1-26-10-9-22-4-2-3-16(25,15(22)24)11-20-5-7-21(8-6-20)14(23)13-17-12-18-19-13/h12,25H,2-11H2,1H3,(H,17,18,19)/t16-/m0/s1. The smallest absolute Gasteiger partial charge is 0.291 e. The Labute approximate surface area is 152 Å². The molecule has 0 aromatic carbocycles. The Kier molecular flexibility index (Phi) is 5.84. The minimum Gasteiger partial charge on any atom is -0.383 e. The van der Waals surface area contributed by atoms with E-state index in [1.807, 2.05) is 4.90 Å². The normalized spacial score (nSPS) is 24.9. The zero-order valence-electron chi connectivity index (χ0n) is 15.1. The molecule has 2 amide bonds. The van der Waals surface area contributed by atoms with Crippen LogP contribution >= 0.6 is 0 Å². The number of aromatic amines is 1. The summed E-state index contributed by atoms with van der Waals surface area (Å²) in [7, 11) is 1.60. The lowest BCUT2D eigenvalue weighted by atomic mass is 9.91. The molecule has 1 aromatic heterocycles. The van der Waals surface area contributed by atoms with Crippen LogP contribution in [0.25, 0.3) is 0 Å². The van der Waals surface area contributed by atoms with Gasteiger partial charge in [-0.1, -0.05) is 0 Å². The summed E-state index contributed by atoms with van der Waals surface area (Å²) >= 11 is 0. The van der Waals surface area contributed by atoms with Gasteiger partial charge in [0.1, 0.15) is 6.33 Å². The molecule has 1 aromatic rings. The van der Waals surface area contributed by atoms with Crippen molar-refractivity contribution in [3.63, 3.8) is 0 Å². The number of ether oxygens (including phenoxy) is 1. The number of carbonyl (C=O) groups excluding carboxylic acids is 2. The summed E-state index contributed by atoms with van der Waals surface area (Å²) in [6.45, 7) is 4.17. The summed E-state index contributed by atoms with van der Waals surface area (Å²) in [4.78, 5) is 34.2. The number of carbonyl (C=O) groups is 2. The Hall–Kier alpha value is -2.04. The predicted octanol–water partition coefficient (Wildman–Crippen LogP) is -1.44. The van der Waals surface area contributed by atoms with E-state index in [1.165, 1.54) is 6.33 Å². The first-order valence-corrected chi connectivity index (χ1v) is 8.91. The fraction of sp³-hybridized carbons (Fsp3) is 0.750. The van der Waals surface area contributed by atoms with E-state index in [4.69, 9.17) is 4.74 Å². The average molecular weight is 366 g/mol. The Morgan fingerprint density at radius 2 is 2.12 bits per heavy atom. The lowest BCUT2D eigenvalue weighted by molar-refractivity contribution is -0.160. The maximum atomic E-state index is 12.7. The number of rotatable bonds is 6. The predicted molar refractivity (Wildman–Crippen MR) is 91.4 cm³/mol. The van der Waals surface area contributed by atoms with Crippen LogP contribution in [0.2, 0.25) is 0 Å². The third-order valence-corrected chi connectivity index (χ3v) is 5.03. The van der Waals surface area contributed by atoms with Gasteiger partial charge in [0.25, 0.3) is 11.8 Å². The molecule has 2 aliphatic heterocycles. The van der Waals surface area contributed by atoms with Crippen LogP contribution in [-0.4, -0.2) is 112 Å². The molecule has 144 valence electrons. The minimum atomic E-state index is -1.36. The zero-order valence-corrected chi connectivity index (χ0v) is 15.1. The van der Waals surface area contributed by atoms with E-state index in [2.05, 4.69) is 15.2 Å². The molecule has 0 radical (unpaired) electrons. The van der Waals surface area contributed by atoms with Crippen LogP contribution < -0.4 is 0 Å². The van der Waals surface area contributed by atoms with Gasteiger partial charge in [0, 0.05) is 52.9 Å². The molecule has 0 saturated carbocycles. The average Bonchev–Trinajstić information content (AvgIpc) is 3.18. The number of piperazine rings is 1. The molecule has 3 rings (SSSR count). The third-order valence-electron chi connectivity index (χ3n) is 5.03. The second-order valence-electron chi connectivity index (χ2n) is 6.82. The Morgan fingerprint density at radius 1 is 1.35 bits per heavy atom. The molecule has 0 spiro atoms. The molecule has 1 atom stereocenters. The maximum absolute atomic E-state index is 12.7. The van der Waals surface area contributed by atoms with Crippen molar-refractivity contribution in [3.05, 3.63) is 12.2 Å². The maximum Gasteiger partial charge on any atom is 0.291 e. The number of amides is 2. The summed E-state index contributed by atoms with van der Waals surface area (Å²) in [5.74, 6) is -0.172. The lowest BCUT2D eigenvalue weighted by Gasteiger charge is -2.42. The van der Waals surface area contributed by atoms with E-state index in [0.29, 0.717) is 58.8 Å². The molecular weight excluding hydrogens is 340 g/mol. The molecule has 3 heterocycles. The third kappa shape index (κ3) is 4.02. The number of hydrogen-bond donors (Lipinski definition) is 2. The number of H-pyrrole nitrogens is 1. The minimum absolute atomic E-state index is 0.180. The highest BCUT2D eigenvalue weighted by Crippen LogP contribution is 2.24. The van der Waals surface area contributed by atoms with Gasteiger partial charge < -0.3 is 19.6 Å². The van der Waals surface area contributed by atoms with E-state index >= 15 is 0 Å². The summed E-state index contributed by atoms with van der Waals surface area (Å²) in [6, 6.07) is 0. The molecule has 0 aliphatic carbocycles. The Bertz CT molecular complexity index is 616. The number of likely N-dealkylation sites (tertiary alicyclic amines) is 1.